The second-order valence-electron chi connectivity index (χ2n) is 4.13. The summed E-state index contributed by atoms with van der Waals surface area (Å²) < 4.78 is 32.5. The van der Waals surface area contributed by atoms with Gasteiger partial charge in [-0.1, -0.05) is 0 Å². The number of aliphatic carboxylic acids is 2. The molecule has 9 nitrogen and oxygen atoms in total. The maximum atomic E-state index is 10.6. The molecule has 0 aliphatic heterocycles. The molecule has 0 saturated carbocycles. The van der Waals surface area contributed by atoms with Gasteiger partial charge in [0.15, 0.2) is 0 Å². The van der Waals surface area contributed by atoms with Crippen LogP contribution in [0.25, 0.3) is 0 Å². The molecule has 0 aliphatic carbocycles. The molecule has 1 aromatic carbocycles. The molecule has 0 heterocycles. The first-order chi connectivity index (χ1) is 11.1. The van der Waals surface area contributed by atoms with Crippen LogP contribution in [0.15, 0.2) is 18.2 Å². The van der Waals surface area contributed by atoms with Gasteiger partial charge in [-0.2, -0.15) is 0 Å². The summed E-state index contributed by atoms with van der Waals surface area (Å²) in [5.74, 6) is -4.51. The molecule has 0 bridgehead atoms. The quantitative estimate of drug-likeness (QED) is 0.169. The number of anilines is 1. The average Bonchev–Trinajstić information content (AvgIpc) is 2.45. The monoisotopic (exact) mass is 525 g/mol. The molecular weight excluding hydrogens is 514 g/mol. The Kier molecular flexibility index (Phi) is 20.6. The van der Waals surface area contributed by atoms with Crippen molar-refractivity contribution < 1.29 is 127 Å². The van der Waals surface area contributed by atoms with Gasteiger partial charge in [-0.3, -0.25) is 0 Å². The molecule has 27 heavy (non-hydrogen) atoms. The molecule has 0 radical (unpaired) electrons. The molecule has 0 amide bonds. The number of carbonyl (C=O) groups excluding carboxylic acids is 2. The van der Waals surface area contributed by atoms with E-state index in [4.69, 9.17) is 0 Å². The van der Waals surface area contributed by atoms with Crippen molar-refractivity contribution in [3.8, 4) is 5.75 Å². The van der Waals surface area contributed by atoms with Gasteiger partial charge in [0.2, 0.25) is 0 Å². The van der Waals surface area contributed by atoms with Crippen LogP contribution in [0.3, 0.4) is 0 Å². The van der Waals surface area contributed by atoms with Crippen molar-refractivity contribution in [1.82, 2.24) is 0 Å². The Labute approximate surface area is 234 Å². The Morgan fingerprint density at radius 1 is 1.07 bits per heavy atom. The summed E-state index contributed by atoms with van der Waals surface area (Å²) in [5.41, 5.74) is -0.0191. The molecule has 0 unspecified atom stereocenters. The first-order valence-corrected chi connectivity index (χ1v) is 15.0. The van der Waals surface area contributed by atoms with Crippen molar-refractivity contribution in [2.24, 2.45) is 0 Å². The predicted molar refractivity (Wildman–Crippen MR) is 86.6 cm³/mol. The summed E-state index contributed by atoms with van der Waals surface area (Å²) in [6.07, 6.45) is 0. The van der Waals surface area contributed by atoms with Gasteiger partial charge >= 0.3 is 238 Å². The summed E-state index contributed by atoms with van der Waals surface area (Å²) in [7, 11) is -2.50. The van der Waals surface area contributed by atoms with E-state index in [1.807, 2.05) is 0 Å². The summed E-state index contributed by atoms with van der Waals surface area (Å²) >= 11 is -2.28. The second-order valence-corrected chi connectivity index (χ2v) is 17.0. The fourth-order valence-corrected chi connectivity index (χ4v) is 12.5. The van der Waals surface area contributed by atoms with Crippen LogP contribution in [0.2, 0.25) is 0 Å². The van der Waals surface area contributed by atoms with Crippen LogP contribution in [0.4, 0.5) is 5.69 Å². The van der Waals surface area contributed by atoms with Crippen molar-refractivity contribution >= 4 is 64.5 Å². The first kappa shape index (κ1) is 33.6. The van der Waals surface area contributed by atoms with Crippen molar-refractivity contribution in [1.29, 1.82) is 0 Å². The molecular formula is C11H11AsNNa3O8S3. The third-order valence-corrected chi connectivity index (χ3v) is 15.4. The number of phenols is 1. The molecule has 0 aromatic heterocycles. The summed E-state index contributed by atoms with van der Waals surface area (Å²) in [4.78, 5) is 21.2. The van der Waals surface area contributed by atoms with E-state index in [2.05, 4.69) is 5.32 Å². The van der Waals surface area contributed by atoms with Gasteiger partial charge in [-0.05, 0) is 0 Å². The number of carbonyl (C=O) groups is 2. The number of carboxylic acids is 2. The Bertz CT molecular complexity index is 707. The largest absolute Gasteiger partial charge is 1.00 e. The number of rotatable bonds is 10. The Balaban J connectivity index is -0.00000192. The fourth-order valence-electron chi connectivity index (χ4n) is 1.35. The minimum Gasteiger partial charge on any atom is 1.00 e. The molecule has 134 valence electrons. The van der Waals surface area contributed by atoms with E-state index in [9.17, 15) is 37.9 Å². The van der Waals surface area contributed by atoms with E-state index in [0.29, 0.717) is 4.35 Å². The van der Waals surface area contributed by atoms with Gasteiger partial charge in [0, 0.05) is 0 Å². The van der Waals surface area contributed by atoms with Crippen molar-refractivity contribution in [3.05, 3.63) is 18.2 Å². The average molecular weight is 525 g/mol. The van der Waals surface area contributed by atoms with Gasteiger partial charge in [0.05, 0.1) is 0 Å². The van der Waals surface area contributed by atoms with Crippen molar-refractivity contribution in [3.63, 3.8) is 0 Å². The summed E-state index contributed by atoms with van der Waals surface area (Å²) in [6, 6.07) is 4.10. The van der Waals surface area contributed by atoms with Crippen LogP contribution in [0, 0.1) is 0 Å². The molecule has 16 heteroatoms. The predicted octanol–water partition coefficient (Wildman–Crippen LogP) is -12.0. The minimum atomic E-state index is -4.56. The Morgan fingerprint density at radius 3 is 1.96 bits per heavy atom. The van der Waals surface area contributed by atoms with E-state index in [1.54, 1.807) is 0 Å². The topological polar surface area (TPSA) is 170 Å². The molecule has 0 aliphatic rings. The summed E-state index contributed by atoms with van der Waals surface area (Å²) in [5, 5.41) is 33.2. The number of aromatic hydroxyl groups is 1. The van der Waals surface area contributed by atoms with Crippen LogP contribution in [0.1, 0.15) is 0 Å². The maximum Gasteiger partial charge on any atom is 1.00 e. The zero-order valence-electron chi connectivity index (χ0n) is 14.8. The molecule has 0 saturated heterocycles. The SMILES string of the molecule is O=C([O-])CS[As](SCC(=O)[O-])c1ccc(O)c(NCS(=O)(=O)[O-])c1.[Na+].[Na+].[Na+]. The van der Waals surface area contributed by atoms with Crippen LogP contribution in [-0.2, 0) is 19.7 Å². The smallest absolute Gasteiger partial charge is 1.00 e. The number of carboxylic acid groups (broad SMARTS) is 2. The Hall–Kier alpha value is 1.93. The molecule has 1 aromatic rings. The molecule has 0 spiro atoms. The molecule has 0 fully saturated rings. The minimum absolute atomic E-state index is 0. The molecule has 1 rings (SSSR count). The second kappa shape index (κ2) is 16.6. The van der Waals surface area contributed by atoms with Gasteiger partial charge in [-0.25, -0.2) is 0 Å². The van der Waals surface area contributed by atoms with Gasteiger partial charge < -0.3 is 0 Å². The van der Waals surface area contributed by atoms with E-state index >= 15 is 0 Å². The van der Waals surface area contributed by atoms with E-state index in [-0.39, 0.29) is 112 Å². The Morgan fingerprint density at radius 2 is 1.56 bits per heavy atom. The standard InChI is InChI=1S/C11H14AsNO8S3.3Na/c14-9-2-1-7(3-8(9)13-6-24(19,20)21)12(22-4-10(15)16)23-5-11(17)18;;;/h1-3,13-14H,4-6H2,(H,15,16)(H,17,18)(H,19,20,21);;;/q;3*+1/p-3. The third-order valence-electron chi connectivity index (χ3n) is 2.23. The van der Waals surface area contributed by atoms with E-state index < -0.39 is 40.3 Å². The summed E-state index contributed by atoms with van der Waals surface area (Å²) in [6.45, 7) is 0. The normalized spacial score (nSPS) is 10.1. The zero-order valence-corrected chi connectivity index (χ0v) is 25.2. The fraction of sp³-hybridized carbons (Fsp3) is 0.273. The van der Waals surface area contributed by atoms with Crippen LogP contribution < -0.4 is 109 Å². The first-order valence-electron chi connectivity index (χ1n) is 6.04. The van der Waals surface area contributed by atoms with Gasteiger partial charge in [-0.15, -0.1) is 0 Å². The number of benzene rings is 1. The maximum absolute atomic E-state index is 10.6. The van der Waals surface area contributed by atoms with Gasteiger partial charge in [0.1, 0.15) is 0 Å². The molecule has 0 atom stereocenters. The van der Waals surface area contributed by atoms with Gasteiger partial charge in [0.25, 0.3) is 0 Å². The van der Waals surface area contributed by atoms with Crippen LogP contribution in [-0.4, -0.2) is 59.7 Å². The third kappa shape index (κ3) is 15.4. The van der Waals surface area contributed by atoms with Crippen LogP contribution >= 0.6 is 20.0 Å². The zero-order chi connectivity index (χ0) is 18.3. The van der Waals surface area contributed by atoms with E-state index in [0.717, 1.165) is 20.0 Å². The van der Waals surface area contributed by atoms with Crippen molar-refractivity contribution in [2.75, 3.05) is 22.7 Å². The number of nitrogens with one attached hydrogen (secondary N) is 1. The van der Waals surface area contributed by atoms with E-state index in [1.165, 1.54) is 18.2 Å². The number of hydrogen-bond acceptors (Lipinski definition) is 11. The van der Waals surface area contributed by atoms with Crippen molar-refractivity contribution in [2.45, 2.75) is 0 Å². The number of hydrogen-bond donors (Lipinski definition) is 2. The number of phenolic OH excluding ortho intramolecular Hbond substituents is 1. The molecule has 2 N–H and O–H groups in total. The van der Waals surface area contributed by atoms with Crippen LogP contribution in [0.5, 0.6) is 5.75 Å².